The summed E-state index contributed by atoms with van der Waals surface area (Å²) in [6, 6.07) is 12.2. The monoisotopic (exact) mass is 369 g/mol. The van der Waals surface area contributed by atoms with Crippen molar-refractivity contribution in [2.24, 2.45) is 5.92 Å². The van der Waals surface area contributed by atoms with Crippen LogP contribution >= 0.6 is 0 Å². The first-order chi connectivity index (χ1) is 13.0. The highest BCUT2D eigenvalue weighted by Crippen LogP contribution is 2.42. The summed E-state index contributed by atoms with van der Waals surface area (Å²) >= 11 is 0. The number of benzene rings is 2. The molecule has 1 aliphatic heterocycles. The summed E-state index contributed by atoms with van der Waals surface area (Å²) in [6.45, 7) is 1.97. The van der Waals surface area contributed by atoms with Gasteiger partial charge < -0.3 is 19.5 Å². The number of amides is 1. The molecule has 0 unspecified atom stereocenters. The molecular formula is C21H23NO5. The Kier molecular flexibility index (Phi) is 5.35. The van der Waals surface area contributed by atoms with Crippen LogP contribution in [0.3, 0.4) is 0 Å². The average Bonchev–Trinajstić information content (AvgIpc) is 2.67. The first-order valence-electron chi connectivity index (χ1n) is 8.79. The number of aliphatic carboxylic acids is 1. The maximum Gasteiger partial charge on any atom is 0.308 e. The lowest BCUT2D eigenvalue weighted by Crippen LogP contribution is -2.45. The molecule has 1 amide bonds. The molecule has 0 aliphatic carbocycles. The molecule has 0 bridgehead atoms. The Hall–Kier alpha value is -3.02. The SMILES string of the molecule is COc1ccc([C@@H]2[C@@H](C(=O)O)CCC(=O)N2c2ccc(C)cc2)cc1OC. The number of carbonyl (C=O) groups is 2. The zero-order valence-electron chi connectivity index (χ0n) is 15.6. The number of anilines is 1. The largest absolute Gasteiger partial charge is 0.493 e. The molecule has 1 N–H and O–H groups in total. The Bertz CT molecular complexity index is 846. The second-order valence-corrected chi connectivity index (χ2v) is 6.64. The Balaban J connectivity index is 2.13. The van der Waals surface area contributed by atoms with Crippen molar-refractivity contribution in [3.8, 4) is 11.5 Å². The summed E-state index contributed by atoms with van der Waals surface area (Å²) in [5, 5.41) is 9.80. The second kappa shape index (κ2) is 7.70. The summed E-state index contributed by atoms with van der Waals surface area (Å²) in [6.07, 6.45) is 0.504. The quantitative estimate of drug-likeness (QED) is 0.872. The van der Waals surface area contributed by atoms with Crippen molar-refractivity contribution in [2.75, 3.05) is 19.1 Å². The van der Waals surface area contributed by atoms with E-state index in [0.717, 1.165) is 5.56 Å². The number of carbonyl (C=O) groups excluding carboxylic acids is 1. The Morgan fingerprint density at radius 1 is 1.07 bits per heavy atom. The van der Waals surface area contributed by atoms with Crippen LogP contribution in [0.5, 0.6) is 11.5 Å². The standard InChI is InChI=1S/C21H23NO5/c1-13-4-7-15(8-5-13)22-19(23)11-9-16(21(24)25)20(22)14-6-10-17(26-2)18(12-14)27-3/h4-8,10,12,16,20H,9,11H2,1-3H3,(H,24,25)/t16-,20+/m0/s1. The van der Waals surface area contributed by atoms with Crippen molar-refractivity contribution in [1.82, 2.24) is 0 Å². The van der Waals surface area contributed by atoms with Crippen molar-refractivity contribution in [3.05, 3.63) is 53.6 Å². The Labute approximate surface area is 158 Å². The number of piperidine rings is 1. The smallest absolute Gasteiger partial charge is 0.308 e. The van der Waals surface area contributed by atoms with E-state index >= 15 is 0 Å². The fraction of sp³-hybridized carbons (Fsp3) is 0.333. The molecule has 6 heteroatoms. The lowest BCUT2D eigenvalue weighted by molar-refractivity contribution is -0.144. The van der Waals surface area contributed by atoms with E-state index in [1.54, 1.807) is 30.2 Å². The van der Waals surface area contributed by atoms with Crippen LogP contribution in [-0.2, 0) is 9.59 Å². The molecular weight excluding hydrogens is 346 g/mol. The third kappa shape index (κ3) is 3.60. The number of carboxylic acid groups (broad SMARTS) is 1. The van der Waals surface area contributed by atoms with Crippen LogP contribution in [0.1, 0.15) is 30.0 Å². The van der Waals surface area contributed by atoms with Gasteiger partial charge in [0.1, 0.15) is 0 Å². The normalized spacial score (nSPS) is 19.7. The highest BCUT2D eigenvalue weighted by molar-refractivity contribution is 5.96. The molecule has 2 aromatic rings. The van der Waals surface area contributed by atoms with Gasteiger partial charge in [-0.05, 0) is 43.2 Å². The van der Waals surface area contributed by atoms with Crippen molar-refractivity contribution in [1.29, 1.82) is 0 Å². The van der Waals surface area contributed by atoms with Crippen molar-refractivity contribution in [3.63, 3.8) is 0 Å². The summed E-state index contributed by atoms with van der Waals surface area (Å²) in [7, 11) is 3.07. The van der Waals surface area contributed by atoms with Crippen LogP contribution in [-0.4, -0.2) is 31.2 Å². The highest BCUT2D eigenvalue weighted by atomic mass is 16.5. The van der Waals surface area contributed by atoms with Crippen LogP contribution in [0, 0.1) is 12.8 Å². The maximum absolute atomic E-state index is 12.8. The lowest BCUT2D eigenvalue weighted by atomic mass is 9.83. The number of ether oxygens (including phenoxy) is 2. The topological polar surface area (TPSA) is 76.1 Å². The highest BCUT2D eigenvalue weighted by Gasteiger charge is 2.41. The van der Waals surface area contributed by atoms with Gasteiger partial charge in [-0.1, -0.05) is 23.8 Å². The van der Waals surface area contributed by atoms with Crippen LogP contribution in [0.4, 0.5) is 5.69 Å². The number of carboxylic acids is 1. The molecule has 2 aromatic carbocycles. The molecule has 1 saturated heterocycles. The van der Waals surface area contributed by atoms with Crippen molar-refractivity contribution < 1.29 is 24.2 Å². The number of aryl methyl sites for hydroxylation is 1. The molecule has 0 saturated carbocycles. The van der Waals surface area contributed by atoms with E-state index in [1.165, 1.54) is 7.11 Å². The van der Waals surface area contributed by atoms with E-state index in [9.17, 15) is 14.7 Å². The van der Waals surface area contributed by atoms with Gasteiger partial charge in [-0.2, -0.15) is 0 Å². The van der Waals surface area contributed by atoms with Gasteiger partial charge in [0, 0.05) is 12.1 Å². The van der Waals surface area contributed by atoms with E-state index < -0.39 is 17.9 Å². The number of rotatable bonds is 5. The lowest BCUT2D eigenvalue weighted by Gasteiger charge is -2.40. The summed E-state index contributed by atoms with van der Waals surface area (Å²) < 4.78 is 10.6. The Morgan fingerprint density at radius 3 is 2.33 bits per heavy atom. The van der Waals surface area contributed by atoms with Crippen LogP contribution in [0.25, 0.3) is 0 Å². The molecule has 27 heavy (non-hydrogen) atoms. The number of methoxy groups -OCH3 is 2. The first-order valence-corrected chi connectivity index (χ1v) is 8.79. The minimum absolute atomic E-state index is 0.0869. The Morgan fingerprint density at radius 2 is 1.74 bits per heavy atom. The van der Waals surface area contributed by atoms with Crippen molar-refractivity contribution in [2.45, 2.75) is 25.8 Å². The predicted octanol–water partition coefficient (Wildman–Crippen LogP) is 3.58. The van der Waals surface area contributed by atoms with Crippen LogP contribution in [0.2, 0.25) is 0 Å². The molecule has 1 aliphatic rings. The molecule has 6 nitrogen and oxygen atoms in total. The van der Waals surface area contributed by atoms with Crippen LogP contribution in [0.15, 0.2) is 42.5 Å². The zero-order chi connectivity index (χ0) is 19.6. The summed E-state index contributed by atoms with van der Waals surface area (Å²) in [4.78, 5) is 26.3. The molecule has 1 heterocycles. The molecule has 2 atom stereocenters. The van der Waals surface area contributed by atoms with Gasteiger partial charge in [-0.25, -0.2) is 0 Å². The molecule has 0 spiro atoms. The number of nitrogens with zero attached hydrogens (tertiary/aromatic N) is 1. The summed E-state index contributed by atoms with van der Waals surface area (Å²) in [5.41, 5.74) is 2.46. The number of hydrogen-bond acceptors (Lipinski definition) is 4. The molecule has 0 aromatic heterocycles. The van der Waals surface area contributed by atoms with Gasteiger partial charge in [-0.15, -0.1) is 0 Å². The van der Waals surface area contributed by atoms with Crippen molar-refractivity contribution >= 4 is 17.6 Å². The zero-order valence-corrected chi connectivity index (χ0v) is 15.6. The van der Waals surface area contributed by atoms with E-state index in [2.05, 4.69) is 0 Å². The molecule has 1 fully saturated rings. The van der Waals surface area contributed by atoms with E-state index in [-0.39, 0.29) is 12.3 Å². The second-order valence-electron chi connectivity index (χ2n) is 6.64. The van der Waals surface area contributed by atoms with Gasteiger partial charge in [-0.3, -0.25) is 9.59 Å². The molecule has 0 radical (unpaired) electrons. The first kappa shape index (κ1) is 18.8. The third-order valence-electron chi connectivity index (χ3n) is 4.98. The fourth-order valence-electron chi connectivity index (χ4n) is 3.58. The fourth-order valence-corrected chi connectivity index (χ4v) is 3.58. The minimum atomic E-state index is -0.917. The van der Waals surface area contributed by atoms with Crippen LogP contribution < -0.4 is 14.4 Å². The third-order valence-corrected chi connectivity index (χ3v) is 4.98. The van der Waals surface area contributed by atoms with E-state index in [4.69, 9.17) is 9.47 Å². The average molecular weight is 369 g/mol. The summed E-state index contributed by atoms with van der Waals surface area (Å²) in [5.74, 6) is -0.657. The molecule has 3 rings (SSSR count). The van der Waals surface area contributed by atoms with Gasteiger partial charge in [0.2, 0.25) is 5.91 Å². The van der Waals surface area contributed by atoms with E-state index in [1.807, 2.05) is 31.2 Å². The minimum Gasteiger partial charge on any atom is -0.493 e. The van der Waals surface area contributed by atoms with Gasteiger partial charge in [0.25, 0.3) is 0 Å². The van der Waals surface area contributed by atoms with E-state index in [0.29, 0.717) is 29.2 Å². The predicted molar refractivity (Wildman–Crippen MR) is 101 cm³/mol. The molecule has 142 valence electrons. The number of hydrogen-bond donors (Lipinski definition) is 1. The van der Waals surface area contributed by atoms with Gasteiger partial charge >= 0.3 is 5.97 Å². The van der Waals surface area contributed by atoms with Gasteiger partial charge in [0.05, 0.1) is 26.2 Å². The van der Waals surface area contributed by atoms with Gasteiger partial charge in [0.15, 0.2) is 11.5 Å². The maximum atomic E-state index is 12.8.